The summed E-state index contributed by atoms with van der Waals surface area (Å²) in [4.78, 5) is 23.7. The van der Waals surface area contributed by atoms with Crippen LogP contribution in [0.3, 0.4) is 0 Å². The third-order valence-electron chi connectivity index (χ3n) is 3.85. The van der Waals surface area contributed by atoms with E-state index in [-0.39, 0.29) is 17.7 Å². The van der Waals surface area contributed by atoms with Crippen LogP contribution in [0.4, 0.5) is 8.78 Å². The second-order valence-electron chi connectivity index (χ2n) is 5.75. The SMILES string of the molecule is COC(=O)C(Cc1ccc(O)cc1)NC(=O)c1ccc(S(=O)(=O)C(F)F)cc1. The zero-order chi connectivity index (χ0) is 20.9. The molecule has 2 aromatic rings. The van der Waals surface area contributed by atoms with E-state index in [0.29, 0.717) is 5.56 Å². The first-order chi connectivity index (χ1) is 13.1. The molecular weight excluding hydrogens is 396 g/mol. The highest BCUT2D eigenvalue weighted by molar-refractivity contribution is 7.91. The predicted octanol–water partition coefficient (Wildman–Crippen LogP) is 1.90. The summed E-state index contributed by atoms with van der Waals surface area (Å²) < 4.78 is 52.6. The Balaban J connectivity index is 2.16. The summed E-state index contributed by atoms with van der Waals surface area (Å²) in [5.74, 6) is -4.95. The maximum absolute atomic E-state index is 12.6. The van der Waals surface area contributed by atoms with Crippen molar-refractivity contribution in [3.05, 3.63) is 59.7 Å². The standard InChI is InChI=1S/C18H17F2NO6S/c1-27-17(24)15(10-11-2-6-13(22)7-3-11)21-16(23)12-4-8-14(9-5-12)28(25,26)18(19)20/h2-9,15,18,22H,10H2,1H3,(H,21,23). The zero-order valence-electron chi connectivity index (χ0n) is 14.6. The lowest BCUT2D eigenvalue weighted by atomic mass is 10.1. The van der Waals surface area contributed by atoms with Gasteiger partial charge in [-0.3, -0.25) is 4.79 Å². The maximum atomic E-state index is 12.6. The van der Waals surface area contributed by atoms with Gasteiger partial charge in [-0.05, 0) is 42.0 Å². The molecule has 0 bridgehead atoms. The Labute approximate surface area is 159 Å². The number of hydrogen-bond donors (Lipinski definition) is 2. The molecule has 28 heavy (non-hydrogen) atoms. The smallest absolute Gasteiger partial charge is 0.341 e. The number of phenols is 1. The van der Waals surface area contributed by atoms with Gasteiger partial charge in [0, 0.05) is 12.0 Å². The first kappa shape index (κ1) is 21.3. The molecule has 2 aromatic carbocycles. The van der Waals surface area contributed by atoms with Crippen molar-refractivity contribution in [3.63, 3.8) is 0 Å². The van der Waals surface area contributed by atoms with Crippen LogP contribution in [0.5, 0.6) is 5.75 Å². The van der Waals surface area contributed by atoms with Gasteiger partial charge in [0.15, 0.2) is 0 Å². The molecule has 1 unspecified atom stereocenters. The van der Waals surface area contributed by atoms with E-state index in [1.807, 2.05) is 0 Å². The summed E-state index contributed by atoms with van der Waals surface area (Å²) in [5, 5.41) is 11.8. The Kier molecular flexibility index (Phi) is 6.68. The summed E-state index contributed by atoms with van der Waals surface area (Å²) in [7, 11) is -3.61. The largest absolute Gasteiger partial charge is 0.508 e. The molecule has 150 valence electrons. The van der Waals surface area contributed by atoms with E-state index in [0.717, 1.165) is 31.4 Å². The van der Waals surface area contributed by atoms with Crippen LogP contribution in [0.25, 0.3) is 0 Å². The second-order valence-corrected chi connectivity index (χ2v) is 7.67. The van der Waals surface area contributed by atoms with Crippen LogP contribution in [0.15, 0.2) is 53.4 Å². The third kappa shape index (κ3) is 5.03. The van der Waals surface area contributed by atoms with Gasteiger partial charge in [0.2, 0.25) is 9.84 Å². The van der Waals surface area contributed by atoms with E-state index in [4.69, 9.17) is 0 Å². The van der Waals surface area contributed by atoms with Crippen LogP contribution in [0.1, 0.15) is 15.9 Å². The van der Waals surface area contributed by atoms with Crippen LogP contribution in [0, 0.1) is 0 Å². The van der Waals surface area contributed by atoms with Gasteiger partial charge >= 0.3 is 11.7 Å². The Morgan fingerprint density at radius 3 is 2.14 bits per heavy atom. The number of aromatic hydroxyl groups is 1. The number of benzene rings is 2. The molecule has 1 atom stereocenters. The second kappa shape index (κ2) is 8.79. The summed E-state index contributed by atoms with van der Waals surface area (Å²) in [6.45, 7) is 0. The minimum absolute atomic E-state index is 0.0205. The topological polar surface area (TPSA) is 110 Å². The zero-order valence-corrected chi connectivity index (χ0v) is 15.4. The number of esters is 1. The van der Waals surface area contributed by atoms with Gasteiger partial charge in [0.25, 0.3) is 5.91 Å². The number of carbonyl (C=O) groups excluding carboxylic acids is 2. The van der Waals surface area contributed by atoms with E-state index >= 15 is 0 Å². The first-order valence-corrected chi connectivity index (χ1v) is 9.48. The lowest BCUT2D eigenvalue weighted by Gasteiger charge is -2.17. The van der Waals surface area contributed by atoms with Crippen molar-refractivity contribution in [2.45, 2.75) is 23.1 Å². The summed E-state index contributed by atoms with van der Waals surface area (Å²) >= 11 is 0. The molecule has 0 spiro atoms. The van der Waals surface area contributed by atoms with Crippen LogP contribution < -0.4 is 5.32 Å². The first-order valence-electron chi connectivity index (χ1n) is 7.94. The van der Waals surface area contributed by atoms with Gasteiger partial charge in [0.05, 0.1) is 12.0 Å². The molecule has 7 nitrogen and oxygen atoms in total. The molecule has 10 heteroatoms. The molecule has 1 amide bonds. The average molecular weight is 413 g/mol. The minimum atomic E-state index is -4.76. The van der Waals surface area contributed by atoms with Gasteiger partial charge in [0.1, 0.15) is 11.8 Å². The summed E-state index contributed by atoms with van der Waals surface area (Å²) in [6.07, 6.45) is 0.0799. The maximum Gasteiger partial charge on any atom is 0.341 e. The van der Waals surface area contributed by atoms with Gasteiger partial charge in [-0.25, -0.2) is 13.2 Å². The molecule has 2 N–H and O–H groups in total. The number of halogens is 2. The van der Waals surface area contributed by atoms with Crippen LogP contribution in [0.2, 0.25) is 0 Å². The van der Waals surface area contributed by atoms with E-state index in [1.54, 1.807) is 12.1 Å². The highest BCUT2D eigenvalue weighted by Crippen LogP contribution is 2.19. The molecule has 2 rings (SSSR count). The Bertz CT molecular complexity index is 943. The van der Waals surface area contributed by atoms with Crippen molar-refractivity contribution >= 4 is 21.7 Å². The van der Waals surface area contributed by atoms with Crippen molar-refractivity contribution in [1.82, 2.24) is 5.32 Å². The molecule has 0 aliphatic heterocycles. The highest BCUT2D eigenvalue weighted by Gasteiger charge is 2.27. The molecule has 0 saturated carbocycles. The third-order valence-corrected chi connectivity index (χ3v) is 5.25. The number of nitrogens with one attached hydrogen (secondary N) is 1. The quantitative estimate of drug-likeness (QED) is 0.671. The van der Waals surface area contributed by atoms with Gasteiger partial charge in [-0.1, -0.05) is 12.1 Å². The van der Waals surface area contributed by atoms with Crippen molar-refractivity contribution < 1.29 is 36.6 Å². The number of carbonyl (C=O) groups is 2. The number of hydrogen-bond acceptors (Lipinski definition) is 6. The summed E-state index contributed by atoms with van der Waals surface area (Å²) in [5.41, 5.74) is 0.625. The number of ether oxygens (including phenoxy) is 1. The highest BCUT2D eigenvalue weighted by atomic mass is 32.2. The van der Waals surface area contributed by atoms with Crippen molar-refractivity contribution in [3.8, 4) is 5.75 Å². The molecule has 0 aliphatic rings. The fraction of sp³-hybridized carbons (Fsp3) is 0.222. The van der Waals surface area contributed by atoms with Gasteiger partial charge in [-0.2, -0.15) is 8.78 Å². The molecular formula is C18H17F2NO6S. The Hall–Kier alpha value is -3.01. The molecule has 0 heterocycles. The number of methoxy groups -OCH3 is 1. The predicted molar refractivity (Wildman–Crippen MR) is 94.7 cm³/mol. The van der Waals surface area contributed by atoms with Crippen molar-refractivity contribution in [1.29, 1.82) is 0 Å². The van der Waals surface area contributed by atoms with E-state index in [9.17, 15) is 31.9 Å². The van der Waals surface area contributed by atoms with E-state index < -0.39 is 38.4 Å². The monoisotopic (exact) mass is 413 g/mol. The van der Waals surface area contributed by atoms with Gasteiger partial charge in [-0.15, -0.1) is 0 Å². The lowest BCUT2D eigenvalue weighted by Crippen LogP contribution is -2.43. The number of sulfone groups is 1. The average Bonchev–Trinajstić information content (AvgIpc) is 2.68. The normalized spacial score (nSPS) is 12.4. The Morgan fingerprint density at radius 1 is 1.07 bits per heavy atom. The minimum Gasteiger partial charge on any atom is -0.508 e. The van der Waals surface area contributed by atoms with E-state index in [1.165, 1.54) is 12.1 Å². The van der Waals surface area contributed by atoms with E-state index in [2.05, 4.69) is 10.1 Å². The molecule has 0 saturated heterocycles. The number of rotatable bonds is 7. The molecule has 0 aromatic heterocycles. The summed E-state index contributed by atoms with van der Waals surface area (Å²) in [6, 6.07) is 8.86. The fourth-order valence-corrected chi connectivity index (χ4v) is 3.06. The fourth-order valence-electron chi connectivity index (χ4n) is 2.34. The van der Waals surface area contributed by atoms with Crippen LogP contribution >= 0.6 is 0 Å². The molecule has 0 fully saturated rings. The van der Waals surface area contributed by atoms with Crippen LogP contribution in [-0.4, -0.2) is 44.3 Å². The van der Waals surface area contributed by atoms with Gasteiger partial charge < -0.3 is 15.2 Å². The van der Waals surface area contributed by atoms with Crippen molar-refractivity contribution in [2.75, 3.05) is 7.11 Å². The number of amides is 1. The molecule has 0 aliphatic carbocycles. The number of phenolic OH excluding ortho intramolecular Hbond substituents is 1. The van der Waals surface area contributed by atoms with Crippen molar-refractivity contribution in [2.24, 2.45) is 0 Å². The lowest BCUT2D eigenvalue weighted by molar-refractivity contribution is -0.142. The number of alkyl halides is 2. The Morgan fingerprint density at radius 2 is 1.64 bits per heavy atom. The molecule has 0 radical (unpaired) electrons. The van der Waals surface area contributed by atoms with Crippen LogP contribution in [-0.2, 0) is 25.8 Å².